The zero-order chi connectivity index (χ0) is 19.2. The number of benzene rings is 2. The lowest BCUT2D eigenvalue weighted by Crippen LogP contribution is -2.40. The van der Waals surface area contributed by atoms with Crippen LogP contribution >= 0.6 is 0 Å². The molecule has 1 aliphatic heterocycles. The highest BCUT2D eigenvalue weighted by molar-refractivity contribution is 5.93. The van der Waals surface area contributed by atoms with E-state index in [0.29, 0.717) is 11.5 Å². The van der Waals surface area contributed by atoms with Crippen LogP contribution in [0.25, 0.3) is 0 Å². The minimum absolute atomic E-state index is 0.00250. The highest BCUT2D eigenvalue weighted by atomic mass is 16.5. The van der Waals surface area contributed by atoms with E-state index in [1.807, 2.05) is 6.07 Å². The smallest absolute Gasteiger partial charge is 0.228 e. The monoisotopic (exact) mass is 368 g/mol. The van der Waals surface area contributed by atoms with Gasteiger partial charge in [-0.1, -0.05) is 29.8 Å². The van der Waals surface area contributed by atoms with Crippen molar-refractivity contribution in [3.8, 4) is 11.5 Å². The number of likely N-dealkylation sites (tertiary alicyclic amines) is 1. The predicted molar refractivity (Wildman–Crippen MR) is 107 cm³/mol. The van der Waals surface area contributed by atoms with E-state index >= 15 is 0 Å². The van der Waals surface area contributed by atoms with Crippen molar-refractivity contribution >= 4 is 11.6 Å². The number of nitrogens with one attached hydrogen (secondary N) is 1. The molecular weight excluding hydrogens is 340 g/mol. The van der Waals surface area contributed by atoms with Gasteiger partial charge in [0, 0.05) is 24.8 Å². The molecule has 1 fully saturated rings. The molecule has 0 saturated carbocycles. The predicted octanol–water partition coefficient (Wildman–Crippen LogP) is 3.86. The quantitative estimate of drug-likeness (QED) is 0.841. The highest BCUT2D eigenvalue weighted by Gasteiger charge is 2.26. The van der Waals surface area contributed by atoms with E-state index in [1.165, 1.54) is 11.1 Å². The average Bonchev–Trinajstić information content (AvgIpc) is 2.70. The summed E-state index contributed by atoms with van der Waals surface area (Å²) in [5.74, 6) is 1.32. The fourth-order valence-corrected chi connectivity index (χ4v) is 3.52. The fraction of sp³-hybridized carbons (Fsp3) is 0.409. The van der Waals surface area contributed by atoms with Gasteiger partial charge in [0.1, 0.15) is 0 Å². The molecule has 0 aromatic heterocycles. The first-order chi connectivity index (χ1) is 13.1. The van der Waals surface area contributed by atoms with Crippen LogP contribution in [0.4, 0.5) is 5.69 Å². The maximum Gasteiger partial charge on any atom is 0.228 e. The van der Waals surface area contributed by atoms with E-state index in [4.69, 9.17) is 9.47 Å². The van der Waals surface area contributed by atoms with E-state index in [-0.39, 0.29) is 11.8 Å². The molecule has 1 unspecified atom stereocenters. The summed E-state index contributed by atoms with van der Waals surface area (Å²) in [6.07, 6.45) is 1.96. The number of anilines is 1. The molecule has 5 heteroatoms. The molecule has 1 atom stereocenters. The number of hydrogen-bond donors (Lipinski definition) is 1. The second-order valence-corrected chi connectivity index (χ2v) is 7.12. The number of nitrogens with zero attached hydrogens (tertiary/aromatic N) is 1. The third kappa shape index (κ3) is 5.01. The lowest BCUT2D eigenvalue weighted by molar-refractivity contribution is -0.121. The van der Waals surface area contributed by atoms with Crippen LogP contribution in [-0.2, 0) is 11.3 Å². The molecule has 0 bridgehead atoms. The fourth-order valence-electron chi connectivity index (χ4n) is 3.52. The zero-order valence-electron chi connectivity index (χ0n) is 16.3. The molecular formula is C22H28N2O3. The third-order valence-electron chi connectivity index (χ3n) is 5.05. The topological polar surface area (TPSA) is 50.8 Å². The zero-order valence-corrected chi connectivity index (χ0v) is 16.3. The van der Waals surface area contributed by atoms with Crippen LogP contribution < -0.4 is 14.8 Å². The summed E-state index contributed by atoms with van der Waals surface area (Å²) in [6, 6.07) is 14.1. The lowest BCUT2D eigenvalue weighted by Gasteiger charge is -2.32. The molecule has 2 aromatic carbocycles. The van der Waals surface area contributed by atoms with Gasteiger partial charge in [-0.15, -0.1) is 0 Å². The van der Waals surface area contributed by atoms with Crippen LogP contribution in [0.3, 0.4) is 0 Å². The van der Waals surface area contributed by atoms with Gasteiger partial charge in [-0.05, 0) is 44.0 Å². The van der Waals surface area contributed by atoms with Gasteiger partial charge in [0.25, 0.3) is 0 Å². The molecule has 1 N–H and O–H groups in total. The van der Waals surface area contributed by atoms with E-state index in [0.717, 1.165) is 38.2 Å². The number of piperidine rings is 1. The highest BCUT2D eigenvalue weighted by Crippen LogP contribution is 2.30. The number of aryl methyl sites for hydroxylation is 1. The maximum atomic E-state index is 12.8. The van der Waals surface area contributed by atoms with E-state index in [1.54, 1.807) is 26.4 Å². The van der Waals surface area contributed by atoms with Crippen molar-refractivity contribution in [2.75, 3.05) is 32.6 Å². The van der Waals surface area contributed by atoms with Crippen molar-refractivity contribution in [3.63, 3.8) is 0 Å². The normalized spacial score (nSPS) is 17.4. The Morgan fingerprint density at radius 3 is 2.56 bits per heavy atom. The molecule has 5 nitrogen and oxygen atoms in total. The van der Waals surface area contributed by atoms with Crippen LogP contribution in [-0.4, -0.2) is 38.1 Å². The van der Waals surface area contributed by atoms with Crippen molar-refractivity contribution in [2.24, 2.45) is 5.92 Å². The number of carbonyl (C=O) groups is 1. The van der Waals surface area contributed by atoms with Crippen LogP contribution in [0.15, 0.2) is 42.5 Å². The van der Waals surface area contributed by atoms with Gasteiger partial charge in [0.05, 0.1) is 20.1 Å². The van der Waals surface area contributed by atoms with Gasteiger partial charge in [-0.25, -0.2) is 0 Å². The number of carbonyl (C=O) groups excluding carboxylic acids is 1. The van der Waals surface area contributed by atoms with Crippen molar-refractivity contribution < 1.29 is 14.3 Å². The van der Waals surface area contributed by atoms with Crippen LogP contribution in [0.5, 0.6) is 11.5 Å². The SMILES string of the molecule is COc1ccc(NC(=O)C2CCCN(Cc3ccc(C)cc3)C2)cc1OC. The Balaban J connectivity index is 1.60. The molecule has 1 aliphatic rings. The number of rotatable bonds is 6. The summed E-state index contributed by atoms with van der Waals surface area (Å²) < 4.78 is 10.6. The molecule has 0 aliphatic carbocycles. The van der Waals surface area contributed by atoms with Crippen LogP contribution in [0.1, 0.15) is 24.0 Å². The van der Waals surface area contributed by atoms with E-state index in [9.17, 15) is 4.79 Å². The molecule has 3 rings (SSSR count). The largest absolute Gasteiger partial charge is 0.493 e. The van der Waals surface area contributed by atoms with E-state index in [2.05, 4.69) is 41.4 Å². The number of amides is 1. The summed E-state index contributed by atoms with van der Waals surface area (Å²) >= 11 is 0. The molecule has 27 heavy (non-hydrogen) atoms. The Morgan fingerprint density at radius 2 is 1.85 bits per heavy atom. The number of hydrogen-bond acceptors (Lipinski definition) is 4. The number of methoxy groups -OCH3 is 2. The van der Waals surface area contributed by atoms with Crippen molar-refractivity contribution in [3.05, 3.63) is 53.6 Å². The molecule has 2 aromatic rings. The molecule has 1 amide bonds. The van der Waals surface area contributed by atoms with Crippen LogP contribution in [0, 0.1) is 12.8 Å². The Morgan fingerprint density at radius 1 is 1.11 bits per heavy atom. The van der Waals surface area contributed by atoms with Gasteiger partial charge in [0.15, 0.2) is 11.5 Å². The Labute approximate surface area is 161 Å². The Bertz CT molecular complexity index is 774. The van der Waals surface area contributed by atoms with Gasteiger partial charge in [-0.2, -0.15) is 0 Å². The van der Waals surface area contributed by atoms with Gasteiger partial charge in [0.2, 0.25) is 5.91 Å². The standard InChI is InChI=1S/C22H28N2O3/c1-16-6-8-17(9-7-16)14-24-12-4-5-18(15-24)22(25)23-19-10-11-20(26-2)21(13-19)27-3/h6-11,13,18H,4-5,12,14-15H2,1-3H3,(H,23,25). The second-order valence-electron chi connectivity index (χ2n) is 7.12. The van der Waals surface area contributed by atoms with Gasteiger partial charge < -0.3 is 14.8 Å². The minimum atomic E-state index is -0.00250. The van der Waals surface area contributed by atoms with Crippen molar-refractivity contribution in [1.29, 1.82) is 0 Å². The third-order valence-corrected chi connectivity index (χ3v) is 5.05. The summed E-state index contributed by atoms with van der Waals surface area (Å²) in [5.41, 5.74) is 3.29. The Hall–Kier alpha value is -2.53. The molecule has 1 heterocycles. The van der Waals surface area contributed by atoms with Crippen molar-refractivity contribution in [1.82, 2.24) is 4.90 Å². The molecule has 1 saturated heterocycles. The second kappa shape index (κ2) is 8.91. The first-order valence-corrected chi connectivity index (χ1v) is 9.40. The molecule has 0 spiro atoms. The summed E-state index contributed by atoms with van der Waals surface area (Å²) in [4.78, 5) is 15.1. The summed E-state index contributed by atoms with van der Waals surface area (Å²) in [7, 11) is 3.19. The minimum Gasteiger partial charge on any atom is -0.493 e. The average molecular weight is 368 g/mol. The summed E-state index contributed by atoms with van der Waals surface area (Å²) in [6.45, 7) is 4.81. The van der Waals surface area contributed by atoms with Gasteiger partial charge in [-0.3, -0.25) is 9.69 Å². The maximum absolute atomic E-state index is 12.8. The van der Waals surface area contributed by atoms with Crippen LogP contribution in [0.2, 0.25) is 0 Å². The summed E-state index contributed by atoms with van der Waals surface area (Å²) in [5, 5.41) is 3.03. The number of ether oxygens (including phenoxy) is 2. The van der Waals surface area contributed by atoms with Gasteiger partial charge >= 0.3 is 0 Å². The van der Waals surface area contributed by atoms with Crippen molar-refractivity contribution in [2.45, 2.75) is 26.3 Å². The van der Waals surface area contributed by atoms with E-state index < -0.39 is 0 Å². The lowest BCUT2D eigenvalue weighted by atomic mass is 9.96. The molecule has 0 radical (unpaired) electrons. The Kier molecular flexibility index (Phi) is 6.35. The first-order valence-electron chi connectivity index (χ1n) is 9.40. The molecule has 144 valence electrons. The first kappa shape index (κ1) is 19.2.